The monoisotopic (exact) mass is 455 g/mol. The molecule has 6 nitrogen and oxygen atoms in total. The molecule has 3 aromatic carbocycles. The van der Waals surface area contributed by atoms with E-state index in [9.17, 15) is 13.2 Å². The molecule has 0 aliphatic rings. The van der Waals surface area contributed by atoms with Crippen molar-refractivity contribution in [2.45, 2.75) is 18.4 Å². The maximum absolute atomic E-state index is 12.7. The van der Waals surface area contributed by atoms with Crippen molar-refractivity contribution >= 4 is 33.7 Å². The Morgan fingerprint density at radius 1 is 1.00 bits per heavy atom. The number of nitrogens with zero attached hydrogens (tertiary/aromatic N) is 2. The number of hydrogen-bond acceptors (Lipinski definition) is 4. The van der Waals surface area contributed by atoms with Crippen molar-refractivity contribution in [2.75, 3.05) is 7.05 Å². The molecular formula is C23H22ClN3O3S. The molecule has 0 heterocycles. The van der Waals surface area contributed by atoms with E-state index in [4.69, 9.17) is 11.6 Å². The summed E-state index contributed by atoms with van der Waals surface area (Å²) in [6.07, 6.45) is 1.52. The zero-order valence-corrected chi connectivity index (χ0v) is 18.7. The molecule has 0 radical (unpaired) electrons. The standard InChI is InChI=1S/C23H22ClN3O3S/c1-17-3-13-22(14-4-17)31(29,30)27(2)16-19-5-9-20(10-6-19)23(28)26-25-15-18-7-11-21(24)12-8-18/h3-15H,16H2,1-2H3,(H,26,28)/b25-15-. The second-order valence-electron chi connectivity index (χ2n) is 7.02. The van der Waals surface area contributed by atoms with Crippen LogP contribution in [0.5, 0.6) is 0 Å². The van der Waals surface area contributed by atoms with E-state index in [1.165, 1.54) is 17.6 Å². The van der Waals surface area contributed by atoms with E-state index >= 15 is 0 Å². The average Bonchev–Trinajstić information content (AvgIpc) is 2.76. The molecule has 8 heteroatoms. The van der Waals surface area contributed by atoms with Crippen molar-refractivity contribution in [2.24, 2.45) is 5.10 Å². The van der Waals surface area contributed by atoms with E-state index < -0.39 is 10.0 Å². The van der Waals surface area contributed by atoms with E-state index in [0.717, 1.165) is 16.7 Å². The van der Waals surface area contributed by atoms with E-state index in [2.05, 4.69) is 10.5 Å². The van der Waals surface area contributed by atoms with Crippen LogP contribution in [-0.4, -0.2) is 31.9 Å². The molecule has 0 atom stereocenters. The first-order valence-electron chi connectivity index (χ1n) is 9.46. The molecule has 160 valence electrons. The van der Waals surface area contributed by atoms with Gasteiger partial charge in [0.15, 0.2) is 0 Å². The van der Waals surface area contributed by atoms with Gasteiger partial charge in [-0.2, -0.15) is 9.41 Å². The minimum absolute atomic E-state index is 0.187. The maximum atomic E-state index is 12.7. The van der Waals surface area contributed by atoms with E-state index in [1.807, 2.05) is 6.92 Å². The summed E-state index contributed by atoms with van der Waals surface area (Å²) in [6, 6.07) is 20.5. The molecule has 0 aromatic heterocycles. The Morgan fingerprint density at radius 2 is 1.61 bits per heavy atom. The number of carbonyl (C=O) groups excluding carboxylic acids is 1. The van der Waals surface area contributed by atoms with Crippen LogP contribution in [0.2, 0.25) is 5.02 Å². The van der Waals surface area contributed by atoms with Crippen LogP contribution in [-0.2, 0) is 16.6 Å². The molecule has 0 saturated heterocycles. The van der Waals surface area contributed by atoms with Crippen LogP contribution >= 0.6 is 11.6 Å². The molecule has 0 saturated carbocycles. The van der Waals surface area contributed by atoms with Gasteiger partial charge in [0.2, 0.25) is 10.0 Å². The van der Waals surface area contributed by atoms with Crippen molar-refractivity contribution in [1.29, 1.82) is 0 Å². The van der Waals surface area contributed by atoms with Crippen LogP contribution in [0, 0.1) is 6.92 Å². The molecule has 0 aliphatic heterocycles. The van der Waals surface area contributed by atoms with Gasteiger partial charge in [-0.1, -0.05) is 53.6 Å². The highest BCUT2D eigenvalue weighted by Gasteiger charge is 2.20. The zero-order valence-electron chi connectivity index (χ0n) is 17.1. The molecule has 0 bridgehead atoms. The van der Waals surface area contributed by atoms with E-state index in [1.54, 1.807) is 72.8 Å². The summed E-state index contributed by atoms with van der Waals surface area (Å²) in [6.45, 7) is 2.09. The van der Waals surface area contributed by atoms with Crippen molar-refractivity contribution < 1.29 is 13.2 Å². The number of amides is 1. The molecule has 31 heavy (non-hydrogen) atoms. The van der Waals surface area contributed by atoms with Gasteiger partial charge in [0, 0.05) is 24.2 Å². The Labute approximate surface area is 187 Å². The number of aryl methyl sites for hydroxylation is 1. The van der Waals surface area contributed by atoms with Crippen molar-refractivity contribution in [3.63, 3.8) is 0 Å². The lowest BCUT2D eigenvalue weighted by molar-refractivity contribution is 0.0955. The van der Waals surface area contributed by atoms with Gasteiger partial charge in [-0.15, -0.1) is 0 Å². The molecule has 0 spiro atoms. The molecule has 3 rings (SSSR count). The molecule has 0 unspecified atom stereocenters. The van der Waals surface area contributed by atoms with Crippen LogP contribution in [0.1, 0.15) is 27.0 Å². The minimum atomic E-state index is -3.59. The van der Waals surface area contributed by atoms with Gasteiger partial charge < -0.3 is 0 Å². The molecule has 1 N–H and O–H groups in total. The van der Waals surface area contributed by atoms with Crippen LogP contribution in [0.3, 0.4) is 0 Å². The number of hydrogen-bond donors (Lipinski definition) is 1. The molecule has 3 aromatic rings. The number of sulfonamides is 1. The number of carbonyl (C=O) groups is 1. The van der Waals surface area contributed by atoms with Crippen LogP contribution in [0.15, 0.2) is 82.8 Å². The summed E-state index contributed by atoms with van der Waals surface area (Å²) in [7, 11) is -2.07. The molecule has 1 amide bonds. The van der Waals surface area contributed by atoms with Gasteiger partial charge in [0.25, 0.3) is 5.91 Å². The Kier molecular flexibility index (Phi) is 7.22. The van der Waals surface area contributed by atoms with Gasteiger partial charge in [0.05, 0.1) is 11.1 Å². The first-order valence-corrected chi connectivity index (χ1v) is 11.3. The smallest absolute Gasteiger partial charge is 0.267 e. The highest BCUT2D eigenvalue weighted by atomic mass is 35.5. The average molecular weight is 456 g/mol. The summed E-state index contributed by atoms with van der Waals surface area (Å²) in [4.78, 5) is 12.5. The topological polar surface area (TPSA) is 78.8 Å². The summed E-state index contributed by atoms with van der Waals surface area (Å²) in [5.74, 6) is -0.364. The third-order valence-corrected chi connectivity index (χ3v) is 6.67. The first kappa shape index (κ1) is 22.7. The Bertz CT molecular complexity index is 1170. The Balaban J connectivity index is 1.60. The summed E-state index contributed by atoms with van der Waals surface area (Å²) < 4.78 is 26.7. The minimum Gasteiger partial charge on any atom is -0.267 e. The number of nitrogens with one attached hydrogen (secondary N) is 1. The lowest BCUT2D eigenvalue weighted by atomic mass is 10.1. The lowest BCUT2D eigenvalue weighted by Crippen LogP contribution is -2.26. The van der Waals surface area contributed by atoms with Gasteiger partial charge in [-0.05, 0) is 54.4 Å². The fourth-order valence-electron chi connectivity index (χ4n) is 2.77. The summed E-state index contributed by atoms with van der Waals surface area (Å²) in [5.41, 5.74) is 5.44. The predicted molar refractivity (Wildman–Crippen MR) is 123 cm³/mol. The van der Waals surface area contributed by atoms with E-state index in [0.29, 0.717) is 10.6 Å². The quantitative estimate of drug-likeness (QED) is 0.427. The first-order chi connectivity index (χ1) is 14.8. The zero-order chi connectivity index (χ0) is 22.4. The third-order valence-electron chi connectivity index (χ3n) is 4.60. The van der Waals surface area contributed by atoms with Crippen molar-refractivity contribution in [3.05, 3.63) is 100 Å². The van der Waals surface area contributed by atoms with E-state index in [-0.39, 0.29) is 17.3 Å². The largest absolute Gasteiger partial charge is 0.271 e. The SMILES string of the molecule is Cc1ccc(S(=O)(=O)N(C)Cc2ccc(C(=O)N/N=C\c3ccc(Cl)cc3)cc2)cc1. The fraction of sp³-hybridized carbons (Fsp3) is 0.130. The fourth-order valence-corrected chi connectivity index (χ4v) is 4.06. The summed E-state index contributed by atoms with van der Waals surface area (Å²) in [5, 5.41) is 4.56. The number of rotatable bonds is 7. The van der Waals surface area contributed by atoms with Gasteiger partial charge in [0.1, 0.15) is 0 Å². The van der Waals surface area contributed by atoms with Crippen LogP contribution in [0.25, 0.3) is 0 Å². The highest BCUT2D eigenvalue weighted by molar-refractivity contribution is 7.89. The van der Waals surface area contributed by atoms with Gasteiger partial charge >= 0.3 is 0 Å². The van der Waals surface area contributed by atoms with Crippen molar-refractivity contribution in [3.8, 4) is 0 Å². The van der Waals surface area contributed by atoms with Crippen LogP contribution < -0.4 is 5.43 Å². The van der Waals surface area contributed by atoms with Crippen LogP contribution in [0.4, 0.5) is 0 Å². The second kappa shape index (κ2) is 9.87. The Morgan fingerprint density at radius 3 is 2.23 bits per heavy atom. The number of benzene rings is 3. The highest BCUT2D eigenvalue weighted by Crippen LogP contribution is 2.17. The lowest BCUT2D eigenvalue weighted by Gasteiger charge is -2.17. The number of hydrazone groups is 1. The third kappa shape index (κ3) is 6.01. The number of halogens is 1. The summed E-state index contributed by atoms with van der Waals surface area (Å²) >= 11 is 5.83. The molecule has 0 fully saturated rings. The second-order valence-corrected chi connectivity index (χ2v) is 9.50. The van der Waals surface area contributed by atoms with Crippen molar-refractivity contribution in [1.82, 2.24) is 9.73 Å². The normalized spacial score (nSPS) is 11.7. The Hall–Kier alpha value is -3.00. The molecular weight excluding hydrogens is 434 g/mol. The van der Waals surface area contributed by atoms with Gasteiger partial charge in [-0.3, -0.25) is 4.79 Å². The predicted octanol–water partition coefficient (Wildman–Crippen LogP) is 4.23. The maximum Gasteiger partial charge on any atom is 0.271 e. The van der Waals surface area contributed by atoms with Gasteiger partial charge in [-0.25, -0.2) is 13.8 Å². The molecule has 0 aliphatic carbocycles.